The third-order valence-corrected chi connectivity index (χ3v) is 4.61. The van der Waals surface area contributed by atoms with Crippen LogP contribution in [0.5, 0.6) is 0 Å². The molecule has 2 atom stereocenters. The average molecular weight is 355 g/mol. The van der Waals surface area contributed by atoms with E-state index in [0.717, 1.165) is 10.2 Å². The maximum atomic E-state index is 9.64. The second-order valence-electron chi connectivity index (χ2n) is 4.76. The van der Waals surface area contributed by atoms with Crippen molar-refractivity contribution in [3.63, 3.8) is 0 Å². The van der Waals surface area contributed by atoms with Crippen LogP contribution < -0.4 is 5.32 Å². The third kappa shape index (κ3) is 3.75. The maximum Gasteiger partial charge on any atom is 0.0638 e. The van der Waals surface area contributed by atoms with E-state index in [1.54, 1.807) is 0 Å². The Bertz CT molecular complexity index is 562. The molecular weight excluding hydrogens is 338 g/mol. The Labute approximate surface area is 132 Å². The van der Waals surface area contributed by atoms with Crippen LogP contribution in [0, 0.1) is 0 Å². The number of halogens is 2. The van der Waals surface area contributed by atoms with Crippen molar-refractivity contribution in [1.82, 2.24) is 0 Å². The number of hydrogen-bond acceptors (Lipinski definition) is 2. The summed E-state index contributed by atoms with van der Waals surface area (Å²) in [4.78, 5) is 0. The Kier molecular flexibility index (Phi) is 5.46. The van der Waals surface area contributed by atoms with E-state index >= 15 is 0 Å². The van der Waals surface area contributed by atoms with E-state index < -0.39 is 0 Å². The summed E-state index contributed by atoms with van der Waals surface area (Å²) in [6.45, 7) is 2.17. The van der Waals surface area contributed by atoms with Crippen molar-refractivity contribution in [3.05, 3.63) is 63.6 Å². The van der Waals surface area contributed by atoms with Crippen LogP contribution in [0.3, 0.4) is 0 Å². The lowest BCUT2D eigenvalue weighted by atomic mass is 9.93. The first-order valence-electron chi connectivity index (χ1n) is 6.49. The van der Waals surface area contributed by atoms with Crippen LogP contribution in [0.25, 0.3) is 0 Å². The number of aliphatic hydroxyl groups is 1. The zero-order valence-electron chi connectivity index (χ0n) is 11.2. The topological polar surface area (TPSA) is 32.3 Å². The first-order valence-corrected chi connectivity index (χ1v) is 7.66. The van der Waals surface area contributed by atoms with Gasteiger partial charge < -0.3 is 10.4 Å². The summed E-state index contributed by atoms with van der Waals surface area (Å²) in [6.07, 6.45) is 0. The largest absolute Gasteiger partial charge is 0.394 e. The SMILES string of the molecule is CC(c1ccccc1)C(CO)Nc1ccc(Cl)c(Br)c1. The quantitative estimate of drug-likeness (QED) is 0.817. The minimum absolute atomic E-state index is 0.0505. The van der Waals surface area contributed by atoms with Crippen molar-refractivity contribution < 1.29 is 5.11 Å². The molecule has 0 bridgehead atoms. The summed E-state index contributed by atoms with van der Waals surface area (Å²) in [5, 5.41) is 13.7. The lowest BCUT2D eigenvalue weighted by Gasteiger charge is -2.25. The van der Waals surface area contributed by atoms with Gasteiger partial charge in [0, 0.05) is 16.1 Å². The fraction of sp³-hybridized carbons (Fsp3) is 0.250. The summed E-state index contributed by atoms with van der Waals surface area (Å²) < 4.78 is 0.841. The van der Waals surface area contributed by atoms with Crippen molar-refractivity contribution >= 4 is 33.2 Å². The molecule has 0 fully saturated rings. The van der Waals surface area contributed by atoms with E-state index in [1.165, 1.54) is 5.56 Å². The monoisotopic (exact) mass is 353 g/mol. The third-order valence-electron chi connectivity index (χ3n) is 3.40. The minimum Gasteiger partial charge on any atom is -0.394 e. The molecular formula is C16H17BrClNO. The van der Waals surface area contributed by atoms with Crippen LogP contribution >= 0.6 is 27.5 Å². The van der Waals surface area contributed by atoms with Gasteiger partial charge in [0.2, 0.25) is 0 Å². The molecule has 2 N–H and O–H groups in total. The highest BCUT2D eigenvalue weighted by Crippen LogP contribution is 2.28. The molecule has 0 heterocycles. The molecule has 4 heteroatoms. The van der Waals surface area contributed by atoms with Crippen LogP contribution in [0.1, 0.15) is 18.4 Å². The van der Waals surface area contributed by atoms with Crippen LogP contribution in [0.4, 0.5) is 5.69 Å². The zero-order chi connectivity index (χ0) is 14.5. The molecule has 20 heavy (non-hydrogen) atoms. The Morgan fingerprint density at radius 3 is 2.50 bits per heavy atom. The molecule has 0 radical (unpaired) electrons. The normalized spacial score (nSPS) is 13.8. The van der Waals surface area contributed by atoms with Gasteiger partial charge >= 0.3 is 0 Å². The highest BCUT2D eigenvalue weighted by Gasteiger charge is 2.18. The molecule has 0 amide bonds. The van der Waals surface area contributed by atoms with E-state index in [4.69, 9.17) is 11.6 Å². The highest BCUT2D eigenvalue weighted by atomic mass is 79.9. The van der Waals surface area contributed by atoms with Gasteiger partial charge in [-0.2, -0.15) is 0 Å². The van der Waals surface area contributed by atoms with Crippen molar-refractivity contribution in [1.29, 1.82) is 0 Å². The van der Waals surface area contributed by atoms with E-state index in [1.807, 2.05) is 36.4 Å². The predicted octanol–water partition coefficient (Wildman–Crippen LogP) is 4.68. The zero-order valence-corrected chi connectivity index (χ0v) is 13.5. The second kappa shape index (κ2) is 7.11. The van der Waals surface area contributed by atoms with Crippen molar-refractivity contribution in [3.8, 4) is 0 Å². The summed E-state index contributed by atoms with van der Waals surface area (Å²) in [7, 11) is 0. The summed E-state index contributed by atoms with van der Waals surface area (Å²) in [5.74, 6) is 0.204. The van der Waals surface area contributed by atoms with E-state index in [0.29, 0.717) is 5.02 Å². The number of hydrogen-bond donors (Lipinski definition) is 2. The summed E-state index contributed by atoms with van der Waals surface area (Å²) in [5.41, 5.74) is 2.13. The molecule has 2 aromatic carbocycles. The molecule has 0 aliphatic rings. The Morgan fingerprint density at radius 2 is 1.90 bits per heavy atom. The van der Waals surface area contributed by atoms with E-state index in [9.17, 15) is 5.11 Å². The van der Waals surface area contributed by atoms with Crippen molar-refractivity contribution in [2.75, 3.05) is 11.9 Å². The Morgan fingerprint density at radius 1 is 1.20 bits per heavy atom. The number of nitrogens with one attached hydrogen (secondary N) is 1. The van der Waals surface area contributed by atoms with Gasteiger partial charge in [-0.1, -0.05) is 48.9 Å². The first kappa shape index (κ1) is 15.4. The molecule has 0 saturated heterocycles. The number of anilines is 1. The highest BCUT2D eigenvalue weighted by molar-refractivity contribution is 9.10. The fourth-order valence-corrected chi connectivity index (χ4v) is 2.61. The van der Waals surface area contributed by atoms with Gasteiger partial charge in [-0.05, 0) is 39.7 Å². The van der Waals surface area contributed by atoms with Crippen LogP contribution in [0.2, 0.25) is 5.02 Å². The second-order valence-corrected chi connectivity index (χ2v) is 6.02. The molecule has 0 aliphatic carbocycles. The smallest absolute Gasteiger partial charge is 0.0638 e. The summed E-state index contributed by atoms with van der Waals surface area (Å²) in [6, 6.07) is 15.8. The number of aliphatic hydroxyl groups excluding tert-OH is 1. The molecule has 0 saturated carbocycles. The molecule has 2 nitrogen and oxygen atoms in total. The van der Waals surface area contributed by atoms with Crippen molar-refractivity contribution in [2.45, 2.75) is 18.9 Å². The lowest BCUT2D eigenvalue weighted by molar-refractivity contribution is 0.262. The standard InChI is InChI=1S/C16H17BrClNO/c1-11(12-5-3-2-4-6-12)16(10-20)19-13-7-8-15(18)14(17)9-13/h2-9,11,16,19-20H,10H2,1H3. The van der Waals surface area contributed by atoms with Gasteiger partial charge in [-0.15, -0.1) is 0 Å². The minimum atomic E-state index is -0.0505. The van der Waals surface area contributed by atoms with Crippen molar-refractivity contribution in [2.24, 2.45) is 0 Å². The molecule has 2 rings (SSSR count). The Balaban J connectivity index is 2.14. The molecule has 0 spiro atoms. The van der Waals surface area contributed by atoms with Crippen LogP contribution in [0.15, 0.2) is 53.0 Å². The van der Waals surface area contributed by atoms with E-state index in [-0.39, 0.29) is 18.6 Å². The van der Waals surface area contributed by atoms with Gasteiger partial charge in [0.15, 0.2) is 0 Å². The van der Waals surface area contributed by atoms with E-state index in [2.05, 4.69) is 40.3 Å². The van der Waals surface area contributed by atoms with Crippen LogP contribution in [-0.2, 0) is 0 Å². The first-order chi connectivity index (χ1) is 9.61. The molecule has 2 aromatic rings. The van der Waals surface area contributed by atoms with Gasteiger partial charge in [0.25, 0.3) is 0 Å². The predicted molar refractivity (Wildman–Crippen MR) is 88.5 cm³/mol. The number of rotatable bonds is 5. The fourth-order valence-electron chi connectivity index (χ4n) is 2.12. The van der Waals surface area contributed by atoms with Crippen LogP contribution in [-0.4, -0.2) is 17.8 Å². The number of benzene rings is 2. The van der Waals surface area contributed by atoms with Gasteiger partial charge in [-0.3, -0.25) is 0 Å². The van der Waals surface area contributed by atoms with Gasteiger partial charge in [-0.25, -0.2) is 0 Å². The molecule has 0 aliphatic heterocycles. The molecule has 106 valence electrons. The molecule has 2 unspecified atom stereocenters. The Hall–Kier alpha value is -1.03. The lowest BCUT2D eigenvalue weighted by Crippen LogP contribution is -2.29. The average Bonchev–Trinajstić information content (AvgIpc) is 2.48. The van der Waals surface area contributed by atoms with Gasteiger partial charge in [0.1, 0.15) is 0 Å². The maximum absolute atomic E-state index is 9.64. The summed E-state index contributed by atoms with van der Waals surface area (Å²) >= 11 is 9.39. The molecule has 0 aromatic heterocycles. The van der Waals surface area contributed by atoms with Gasteiger partial charge in [0.05, 0.1) is 17.7 Å².